The third kappa shape index (κ3) is 4.55. The lowest BCUT2D eigenvalue weighted by molar-refractivity contribution is -0.137. The Morgan fingerprint density at radius 3 is 2.41 bits per heavy atom. The van der Waals surface area contributed by atoms with Crippen molar-refractivity contribution >= 4 is 21.7 Å². The molecule has 2 N–H and O–H groups in total. The minimum Gasteiger partial charge on any atom is -0.324 e. The third-order valence-corrected chi connectivity index (χ3v) is 5.98. The molecule has 0 bridgehead atoms. The molecule has 0 spiro atoms. The topological polar surface area (TPSA) is 102 Å². The lowest BCUT2D eigenvalue weighted by atomic mass is 10.1. The van der Waals surface area contributed by atoms with Crippen LogP contribution in [0, 0.1) is 6.92 Å². The van der Waals surface area contributed by atoms with Crippen molar-refractivity contribution < 1.29 is 30.4 Å². The van der Waals surface area contributed by atoms with Gasteiger partial charge in [-0.3, -0.25) is 4.68 Å². The first kappa shape index (κ1) is 23.5. The lowest BCUT2D eigenvalue weighted by Crippen LogP contribution is -2.18. The zero-order valence-electron chi connectivity index (χ0n) is 16.9. The van der Waals surface area contributed by atoms with Crippen molar-refractivity contribution in [2.75, 3.05) is 12.4 Å². The second-order valence-corrected chi connectivity index (χ2v) is 8.52. The predicted molar refractivity (Wildman–Crippen MR) is 105 cm³/mol. The predicted octanol–water partition coefficient (Wildman–Crippen LogP) is 3.79. The number of benzene rings is 1. The number of aryl methyl sites for hydroxylation is 2. The van der Waals surface area contributed by atoms with Crippen LogP contribution in [0.15, 0.2) is 35.5 Å². The number of hydrogen-bond donors (Lipinski definition) is 2. The van der Waals surface area contributed by atoms with Crippen LogP contribution >= 0.6 is 0 Å². The Hall–Kier alpha value is -3.13. The van der Waals surface area contributed by atoms with Gasteiger partial charge in [0.2, 0.25) is 16.0 Å². The van der Waals surface area contributed by atoms with Crippen LogP contribution in [-0.4, -0.2) is 35.2 Å². The molecule has 32 heavy (non-hydrogen) atoms. The van der Waals surface area contributed by atoms with Crippen LogP contribution < -0.4 is 10.0 Å². The Balaban J connectivity index is 2.08. The molecule has 0 radical (unpaired) electrons. The molecular weight excluding hydrogens is 459 g/mol. The van der Waals surface area contributed by atoms with Crippen molar-refractivity contribution in [2.24, 2.45) is 7.05 Å². The van der Waals surface area contributed by atoms with Gasteiger partial charge in [0.15, 0.2) is 0 Å². The van der Waals surface area contributed by atoms with Gasteiger partial charge < -0.3 is 5.32 Å². The summed E-state index contributed by atoms with van der Waals surface area (Å²) < 4.78 is 94.2. The first-order valence-corrected chi connectivity index (χ1v) is 10.4. The standard InChI is InChI=1S/C18H17F5N6O2S/c1-9-6-10(32(30,31)24-2)4-5-13(9)27-17-25-8-12(18(21,22)23)14(28-17)11-7-26-29(3)15(11)16(19)20/h4-8,16,24H,1-3H3,(H,25,27,28). The van der Waals surface area contributed by atoms with Crippen LogP contribution in [0.1, 0.15) is 23.2 Å². The average Bonchev–Trinajstić information content (AvgIpc) is 3.10. The van der Waals surface area contributed by atoms with Gasteiger partial charge in [-0.1, -0.05) is 0 Å². The highest BCUT2D eigenvalue weighted by Crippen LogP contribution is 2.39. The maximum Gasteiger partial charge on any atom is 0.419 e. The first-order valence-electron chi connectivity index (χ1n) is 8.91. The molecule has 0 aliphatic carbocycles. The number of rotatable bonds is 6. The molecule has 0 amide bonds. The number of nitrogens with one attached hydrogen (secondary N) is 2. The van der Waals surface area contributed by atoms with Crippen LogP contribution in [0.3, 0.4) is 0 Å². The number of nitrogens with zero attached hydrogens (tertiary/aromatic N) is 4. The molecule has 0 atom stereocenters. The number of sulfonamides is 1. The van der Waals surface area contributed by atoms with Gasteiger partial charge in [0.1, 0.15) is 11.3 Å². The molecule has 0 aliphatic rings. The van der Waals surface area contributed by atoms with Crippen molar-refractivity contribution in [2.45, 2.75) is 24.4 Å². The van der Waals surface area contributed by atoms with E-state index < -0.39 is 45.1 Å². The summed E-state index contributed by atoms with van der Waals surface area (Å²) in [5.74, 6) is -0.301. The summed E-state index contributed by atoms with van der Waals surface area (Å²) in [4.78, 5) is 7.46. The van der Waals surface area contributed by atoms with Gasteiger partial charge in [0, 0.05) is 24.5 Å². The largest absolute Gasteiger partial charge is 0.419 e. The Morgan fingerprint density at radius 2 is 1.84 bits per heavy atom. The molecule has 1 aromatic carbocycles. The molecule has 172 valence electrons. The fourth-order valence-electron chi connectivity index (χ4n) is 2.92. The van der Waals surface area contributed by atoms with Crippen molar-refractivity contribution in [3.8, 4) is 11.3 Å². The van der Waals surface area contributed by atoms with E-state index in [0.29, 0.717) is 17.4 Å². The molecular formula is C18H17F5N6O2S. The normalized spacial score (nSPS) is 12.4. The zero-order valence-corrected chi connectivity index (χ0v) is 17.7. The molecule has 2 aromatic heterocycles. The number of halogens is 5. The summed E-state index contributed by atoms with van der Waals surface area (Å²) in [5.41, 5.74) is -2.52. The summed E-state index contributed by atoms with van der Waals surface area (Å²) >= 11 is 0. The Morgan fingerprint density at radius 1 is 1.16 bits per heavy atom. The molecule has 8 nitrogen and oxygen atoms in total. The summed E-state index contributed by atoms with van der Waals surface area (Å²) in [6, 6.07) is 4.01. The second-order valence-electron chi connectivity index (χ2n) is 6.63. The van der Waals surface area contributed by atoms with E-state index >= 15 is 0 Å². The van der Waals surface area contributed by atoms with E-state index in [1.165, 1.54) is 32.3 Å². The SMILES string of the molecule is CNS(=O)(=O)c1ccc(Nc2ncc(C(F)(F)F)c(-c3cnn(C)c3C(F)F)n2)c(C)c1. The van der Waals surface area contributed by atoms with Gasteiger partial charge in [-0.2, -0.15) is 18.3 Å². The van der Waals surface area contributed by atoms with Crippen molar-refractivity contribution in [1.29, 1.82) is 0 Å². The average molecular weight is 476 g/mol. The number of aromatic nitrogens is 4. The van der Waals surface area contributed by atoms with E-state index in [4.69, 9.17) is 0 Å². The molecule has 0 saturated heterocycles. The third-order valence-electron chi connectivity index (χ3n) is 4.56. The second kappa shape index (κ2) is 8.43. The summed E-state index contributed by atoms with van der Waals surface area (Å²) in [7, 11) is -1.27. The van der Waals surface area contributed by atoms with Gasteiger partial charge in [-0.25, -0.2) is 31.9 Å². The molecule has 14 heteroatoms. The Bertz CT molecular complexity index is 1260. The molecule has 0 unspecified atom stereocenters. The van der Waals surface area contributed by atoms with Crippen LogP contribution in [0.5, 0.6) is 0 Å². The monoisotopic (exact) mass is 476 g/mol. The van der Waals surface area contributed by atoms with E-state index in [9.17, 15) is 30.4 Å². The van der Waals surface area contributed by atoms with E-state index in [0.717, 1.165) is 10.9 Å². The highest BCUT2D eigenvalue weighted by Gasteiger charge is 2.37. The van der Waals surface area contributed by atoms with Gasteiger partial charge in [-0.05, 0) is 37.7 Å². The first-order chi connectivity index (χ1) is 14.8. The van der Waals surface area contributed by atoms with E-state index in [2.05, 4.69) is 25.1 Å². The van der Waals surface area contributed by atoms with Gasteiger partial charge in [-0.15, -0.1) is 0 Å². The zero-order chi connectivity index (χ0) is 23.8. The summed E-state index contributed by atoms with van der Waals surface area (Å²) in [6.45, 7) is 1.57. The quantitative estimate of drug-likeness (QED) is 0.525. The van der Waals surface area contributed by atoms with Gasteiger partial charge >= 0.3 is 6.18 Å². The number of hydrogen-bond acceptors (Lipinski definition) is 6. The van der Waals surface area contributed by atoms with E-state index in [-0.39, 0.29) is 10.8 Å². The maximum atomic E-state index is 13.5. The van der Waals surface area contributed by atoms with Crippen LogP contribution in [0.25, 0.3) is 11.3 Å². The maximum absolute atomic E-state index is 13.5. The highest BCUT2D eigenvalue weighted by molar-refractivity contribution is 7.89. The number of alkyl halides is 5. The van der Waals surface area contributed by atoms with Crippen LogP contribution in [0.4, 0.5) is 33.6 Å². The molecule has 3 aromatic rings. The molecule has 0 fully saturated rings. The highest BCUT2D eigenvalue weighted by atomic mass is 32.2. The van der Waals surface area contributed by atoms with Gasteiger partial charge in [0.05, 0.1) is 16.8 Å². The molecule has 3 rings (SSSR count). The summed E-state index contributed by atoms with van der Waals surface area (Å²) in [6.07, 6.45) is -6.62. The smallest absolute Gasteiger partial charge is 0.324 e. The summed E-state index contributed by atoms with van der Waals surface area (Å²) in [5, 5.41) is 6.33. The van der Waals surface area contributed by atoms with E-state index in [1.807, 2.05) is 0 Å². The minimum absolute atomic E-state index is 0.0194. The Labute approximate surface area is 179 Å². The van der Waals surface area contributed by atoms with E-state index in [1.54, 1.807) is 6.92 Å². The van der Waals surface area contributed by atoms with Crippen molar-refractivity contribution in [1.82, 2.24) is 24.5 Å². The molecule has 0 saturated carbocycles. The number of anilines is 2. The van der Waals surface area contributed by atoms with Crippen LogP contribution in [-0.2, 0) is 23.2 Å². The lowest BCUT2D eigenvalue weighted by Gasteiger charge is -2.15. The van der Waals surface area contributed by atoms with Crippen LogP contribution in [0.2, 0.25) is 0 Å². The van der Waals surface area contributed by atoms with Gasteiger partial charge in [0.25, 0.3) is 6.43 Å². The fourth-order valence-corrected chi connectivity index (χ4v) is 3.74. The van der Waals surface area contributed by atoms with Crippen molar-refractivity contribution in [3.63, 3.8) is 0 Å². The van der Waals surface area contributed by atoms with Crippen molar-refractivity contribution in [3.05, 3.63) is 47.4 Å². The minimum atomic E-state index is -4.90. The Kier molecular flexibility index (Phi) is 6.20. The molecule has 2 heterocycles. The molecule has 0 aliphatic heterocycles. The fraction of sp³-hybridized carbons (Fsp3) is 0.278.